The molecule has 1 fully saturated rings. The quantitative estimate of drug-likeness (QED) is 0.764. The summed E-state index contributed by atoms with van der Waals surface area (Å²) in [7, 11) is -2.51. The lowest BCUT2D eigenvalue weighted by Gasteiger charge is -2.30. The van der Waals surface area contributed by atoms with Crippen molar-refractivity contribution < 1.29 is 17.9 Å². The SMILES string of the molecule is COC(=O)[C@@H]1CN(S(=O)(=O)c2cc(Cl)ccc2Cl)CCS1. The van der Waals surface area contributed by atoms with Crippen LogP contribution in [0.5, 0.6) is 0 Å². The first-order valence-corrected chi connectivity index (χ1v) is 9.25. The second-order valence-corrected chi connectivity index (χ2v) is 8.38. The third-order valence-electron chi connectivity index (χ3n) is 3.00. The molecule has 21 heavy (non-hydrogen) atoms. The zero-order chi connectivity index (χ0) is 15.6. The number of halogens is 2. The van der Waals surface area contributed by atoms with E-state index in [2.05, 4.69) is 4.74 Å². The lowest BCUT2D eigenvalue weighted by molar-refractivity contribution is -0.140. The van der Waals surface area contributed by atoms with Crippen molar-refractivity contribution >= 4 is 51.0 Å². The Balaban J connectivity index is 2.31. The maximum absolute atomic E-state index is 12.6. The fourth-order valence-electron chi connectivity index (χ4n) is 1.93. The van der Waals surface area contributed by atoms with Gasteiger partial charge in [-0.1, -0.05) is 23.2 Å². The van der Waals surface area contributed by atoms with Crippen molar-refractivity contribution in [2.75, 3.05) is 26.0 Å². The summed E-state index contributed by atoms with van der Waals surface area (Å²) in [5.74, 6) is 0.0778. The van der Waals surface area contributed by atoms with Crippen LogP contribution in [0.4, 0.5) is 0 Å². The molecular weight excluding hydrogens is 357 g/mol. The molecule has 5 nitrogen and oxygen atoms in total. The molecule has 9 heteroatoms. The zero-order valence-electron chi connectivity index (χ0n) is 11.1. The van der Waals surface area contributed by atoms with E-state index in [1.54, 1.807) is 0 Å². The van der Waals surface area contributed by atoms with Crippen LogP contribution in [0.15, 0.2) is 23.1 Å². The Hall–Kier alpha value is -0.470. The van der Waals surface area contributed by atoms with Gasteiger partial charge >= 0.3 is 5.97 Å². The highest BCUT2D eigenvalue weighted by Crippen LogP contribution is 2.30. The monoisotopic (exact) mass is 369 g/mol. The Kier molecular flexibility index (Phi) is 5.43. The fourth-order valence-corrected chi connectivity index (χ4v) is 5.46. The van der Waals surface area contributed by atoms with Gasteiger partial charge in [-0.25, -0.2) is 8.42 Å². The number of carbonyl (C=O) groups excluding carboxylic acids is 1. The predicted molar refractivity (Wildman–Crippen MR) is 83.5 cm³/mol. The first-order valence-electron chi connectivity index (χ1n) is 6.01. The van der Waals surface area contributed by atoms with E-state index in [1.807, 2.05) is 0 Å². The molecule has 0 amide bonds. The molecule has 1 saturated heterocycles. The van der Waals surface area contributed by atoms with Gasteiger partial charge in [0.15, 0.2) is 0 Å². The molecule has 1 aliphatic heterocycles. The van der Waals surface area contributed by atoms with Crippen molar-refractivity contribution in [3.63, 3.8) is 0 Å². The van der Waals surface area contributed by atoms with Crippen molar-refractivity contribution in [3.8, 4) is 0 Å². The summed E-state index contributed by atoms with van der Waals surface area (Å²) in [5.41, 5.74) is 0. The Bertz CT molecular complexity index is 651. The number of rotatable bonds is 3. The molecule has 1 aromatic carbocycles. The highest BCUT2D eigenvalue weighted by molar-refractivity contribution is 8.00. The number of hydrogen-bond donors (Lipinski definition) is 0. The average Bonchev–Trinajstić information content (AvgIpc) is 2.49. The molecule has 1 atom stereocenters. The predicted octanol–water partition coefficient (Wildman–Crippen LogP) is 2.27. The Labute approximate surface area is 137 Å². The van der Waals surface area contributed by atoms with Crippen LogP contribution in [0.3, 0.4) is 0 Å². The van der Waals surface area contributed by atoms with Crippen molar-refractivity contribution in [3.05, 3.63) is 28.2 Å². The van der Waals surface area contributed by atoms with Crippen molar-refractivity contribution in [1.82, 2.24) is 4.31 Å². The van der Waals surface area contributed by atoms with Gasteiger partial charge in [-0.2, -0.15) is 4.31 Å². The molecule has 1 heterocycles. The number of sulfonamides is 1. The van der Waals surface area contributed by atoms with Gasteiger partial charge in [0.25, 0.3) is 0 Å². The Morgan fingerprint density at radius 2 is 2.14 bits per heavy atom. The van der Waals surface area contributed by atoms with E-state index >= 15 is 0 Å². The molecule has 2 rings (SSSR count). The minimum absolute atomic E-state index is 0.0489. The maximum atomic E-state index is 12.6. The van der Waals surface area contributed by atoms with Gasteiger partial charge in [0.1, 0.15) is 10.1 Å². The molecule has 0 saturated carbocycles. The molecule has 1 aliphatic rings. The van der Waals surface area contributed by atoms with Gasteiger partial charge in [0, 0.05) is 23.9 Å². The van der Waals surface area contributed by atoms with E-state index in [4.69, 9.17) is 23.2 Å². The number of hydrogen-bond acceptors (Lipinski definition) is 5. The van der Waals surface area contributed by atoms with E-state index in [1.165, 1.54) is 41.4 Å². The van der Waals surface area contributed by atoms with E-state index < -0.39 is 21.2 Å². The first kappa shape index (κ1) is 16.9. The van der Waals surface area contributed by atoms with E-state index in [0.717, 1.165) is 0 Å². The van der Waals surface area contributed by atoms with Crippen LogP contribution >= 0.6 is 35.0 Å². The number of nitrogens with zero attached hydrogens (tertiary/aromatic N) is 1. The summed E-state index contributed by atoms with van der Waals surface area (Å²) in [6, 6.07) is 4.27. The van der Waals surface area contributed by atoms with Crippen LogP contribution in [0, 0.1) is 0 Å². The molecule has 0 spiro atoms. The van der Waals surface area contributed by atoms with Crippen LogP contribution in [-0.2, 0) is 19.6 Å². The van der Waals surface area contributed by atoms with E-state index in [9.17, 15) is 13.2 Å². The molecule has 116 valence electrons. The molecule has 0 N–H and O–H groups in total. The summed E-state index contributed by atoms with van der Waals surface area (Å²) >= 11 is 13.2. The van der Waals surface area contributed by atoms with Crippen LogP contribution in [0.2, 0.25) is 10.0 Å². The number of ether oxygens (including phenoxy) is 1. The van der Waals surface area contributed by atoms with Crippen LogP contribution in [0.25, 0.3) is 0 Å². The molecule has 0 unspecified atom stereocenters. The van der Waals surface area contributed by atoms with Crippen molar-refractivity contribution in [2.45, 2.75) is 10.1 Å². The van der Waals surface area contributed by atoms with Gasteiger partial charge in [0.2, 0.25) is 10.0 Å². The lowest BCUT2D eigenvalue weighted by atomic mass is 10.4. The van der Waals surface area contributed by atoms with Crippen LogP contribution in [0.1, 0.15) is 0 Å². The Morgan fingerprint density at radius 3 is 2.81 bits per heavy atom. The number of esters is 1. The van der Waals surface area contributed by atoms with Crippen molar-refractivity contribution in [1.29, 1.82) is 0 Å². The highest BCUT2D eigenvalue weighted by Gasteiger charge is 2.35. The summed E-state index contributed by atoms with van der Waals surface area (Å²) in [4.78, 5) is 11.5. The molecule has 0 aromatic heterocycles. The average molecular weight is 370 g/mol. The van der Waals surface area contributed by atoms with Gasteiger partial charge in [-0.15, -0.1) is 11.8 Å². The first-order chi connectivity index (χ1) is 9.86. The summed E-state index contributed by atoms with van der Waals surface area (Å²) in [5, 5.41) is -0.141. The summed E-state index contributed by atoms with van der Waals surface area (Å²) in [6.07, 6.45) is 0. The summed E-state index contributed by atoms with van der Waals surface area (Å²) in [6.45, 7) is 0.367. The fraction of sp³-hybridized carbons (Fsp3) is 0.417. The van der Waals surface area contributed by atoms with E-state index in [0.29, 0.717) is 12.3 Å². The number of carbonyl (C=O) groups is 1. The third-order valence-corrected chi connectivity index (χ3v) is 6.75. The van der Waals surface area contributed by atoms with Crippen LogP contribution in [-0.4, -0.2) is 49.9 Å². The Morgan fingerprint density at radius 1 is 1.43 bits per heavy atom. The van der Waals surface area contributed by atoms with Crippen LogP contribution < -0.4 is 0 Å². The minimum atomic E-state index is -3.79. The second kappa shape index (κ2) is 6.75. The summed E-state index contributed by atoms with van der Waals surface area (Å²) < 4.78 is 31.2. The number of thioether (sulfide) groups is 1. The molecule has 1 aromatic rings. The van der Waals surface area contributed by atoms with Gasteiger partial charge in [-0.05, 0) is 18.2 Å². The molecule has 0 radical (unpaired) electrons. The van der Waals surface area contributed by atoms with Gasteiger partial charge in [-0.3, -0.25) is 4.79 Å². The molecule has 0 bridgehead atoms. The smallest absolute Gasteiger partial charge is 0.320 e. The highest BCUT2D eigenvalue weighted by atomic mass is 35.5. The molecular formula is C12H13Cl2NO4S2. The third kappa shape index (κ3) is 3.65. The van der Waals surface area contributed by atoms with Gasteiger partial charge < -0.3 is 4.74 Å². The largest absolute Gasteiger partial charge is 0.468 e. The lowest BCUT2D eigenvalue weighted by Crippen LogP contribution is -2.44. The van der Waals surface area contributed by atoms with E-state index in [-0.39, 0.29) is 21.5 Å². The maximum Gasteiger partial charge on any atom is 0.320 e. The van der Waals surface area contributed by atoms with Crippen molar-refractivity contribution in [2.24, 2.45) is 0 Å². The number of methoxy groups -OCH3 is 1. The number of benzene rings is 1. The molecule has 0 aliphatic carbocycles. The topological polar surface area (TPSA) is 63.7 Å². The normalized spacial score (nSPS) is 20.2. The van der Waals surface area contributed by atoms with Gasteiger partial charge in [0.05, 0.1) is 12.1 Å². The zero-order valence-corrected chi connectivity index (χ0v) is 14.2. The second-order valence-electron chi connectivity index (χ2n) is 4.32. The minimum Gasteiger partial charge on any atom is -0.468 e. The standard InChI is InChI=1S/C12H13Cl2NO4S2/c1-19-12(16)10-7-15(4-5-20-10)21(17,18)11-6-8(13)2-3-9(11)14/h2-3,6,10H,4-5,7H2,1H3/t10-/m0/s1.